The third-order valence-corrected chi connectivity index (χ3v) is 3.76. The van der Waals surface area contributed by atoms with Crippen LogP contribution in [0.25, 0.3) is 0 Å². The van der Waals surface area contributed by atoms with Crippen LogP contribution in [0.3, 0.4) is 0 Å². The Morgan fingerprint density at radius 1 is 1.21 bits per heavy atom. The Labute approximate surface area is 116 Å². The molecule has 4 nitrogen and oxygen atoms in total. The molecule has 19 heavy (non-hydrogen) atoms. The van der Waals surface area contributed by atoms with Crippen molar-refractivity contribution < 1.29 is 0 Å². The van der Waals surface area contributed by atoms with Gasteiger partial charge in [-0.05, 0) is 37.4 Å². The molecule has 1 fully saturated rings. The first-order valence-electron chi connectivity index (χ1n) is 7.34. The lowest BCUT2D eigenvalue weighted by molar-refractivity contribution is 0.248. The van der Waals surface area contributed by atoms with Crippen molar-refractivity contribution in [3.63, 3.8) is 0 Å². The summed E-state index contributed by atoms with van der Waals surface area (Å²) < 4.78 is 0. The minimum absolute atomic E-state index is 0.594. The van der Waals surface area contributed by atoms with E-state index in [0.717, 1.165) is 32.1 Å². The molecule has 1 aliphatic heterocycles. The van der Waals surface area contributed by atoms with Crippen molar-refractivity contribution >= 4 is 11.5 Å². The molecule has 0 saturated carbocycles. The highest BCUT2D eigenvalue weighted by Gasteiger charge is 2.16. The maximum absolute atomic E-state index is 5.62. The maximum atomic E-state index is 5.62. The maximum Gasteiger partial charge on any atom is 0.123 e. The zero-order valence-corrected chi connectivity index (χ0v) is 12.2. The Hall–Kier alpha value is -1.29. The predicted molar refractivity (Wildman–Crippen MR) is 81.4 cm³/mol. The molecular weight excluding hydrogens is 236 g/mol. The van der Waals surface area contributed by atoms with Gasteiger partial charge in [0.25, 0.3) is 0 Å². The predicted octanol–water partition coefficient (Wildman–Crippen LogP) is 2.22. The third kappa shape index (κ3) is 4.39. The number of aromatic nitrogens is 1. The van der Waals surface area contributed by atoms with Crippen molar-refractivity contribution in [2.45, 2.75) is 26.7 Å². The molecule has 0 unspecified atom stereocenters. The molecule has 0 radical (unpaired) electrons. The number of nitrogens with zero attached hydrogens (tertiary/aromatic N) is 3. The number of anilines is 2. The van der Waals surface area contributed by atoms with Gasteiger partial charge >= 0.3 is 0 Å². The number of nitrogen functional groups attached to an aromatic ring is 1. The highest BCUT2D eigenvalue weighted by Crippen LogP contribution is 2.16. The van der Waals surface area contributed by atoms with E-state index in [-0.39, 0.29) is 0 Å². The molecule has 106 valence electrons. The molecule has 1 saturated heterocycles. The van der Waals surface area contributed by atoms with Crippen molar-refractivity contribution in [3.05, 3.63) is 18.3 Å². The fourth-order valence-electron chi connectivity index (χ4n) is 2.54. The van der Waals surface area contributed by atoms with Gasteiger partial charge in [0.2, 0.25) is 0 Å². The van der Waals surface area contributed by atoms with Crippen LogP contribution in [-0.4, -0.2) is 42.6 Å². The van der Waals surface area contributed by atoms with Gasteiger partial charge in [-0.25, -0.2) is 4.98 Å². The molecule has 0 aromatic carbocycles. The number of hydrogen-bond acceptors (Lipinski definition) is 4. The van der Waals surface area contributed by atoms with Gasteiger partial charge in [0.1, 0.15) is 5.82 Å². The topological polar surface area (TPSA) is 45.4 Å². The van der Waals surface area contributed by atoms with Crippen LogP contribution in [0.5, 0.6) is 0 Å². The summed E-state index contributed by atoms with van der Waals surface area (Å²) in [6.45, 7) is 10.3. The number of nitrogens with two attached hydrogens (primary N) is 1. The second-order valence-electron chi connectivity index (χ2n) is 5.81. The van der Waals surface area contributed by atoms with Crippen molar-refractivity contribution in [2.24, 2.45) is 5.92 Å². The van der Waals surface area contributed by atoms with Crippen LogP contribution in [0.15, 0.2) is 18.3 Å². The Balaban J connectivity index is 1.74. The monoisotopic (exact) mass is 262 g/mol. The van der Waals surface area contributed by atoms with Gasteiger partial charge in [-0.2, -0.15) is 0 Å². The lowest BCUT2D eigenvalue weighted by atomic mass is 10.1. The molecule has 1 aromatic rings. The van der Waals surface area contributed by atoms with Gasteiger partial charge in [0.15, 0.2) is 0 Å². The lowest BCUT2D eigenvalue weighted by Crippen LogP contribution is -2.46. The Morgan fingerprint density at radius 2 is 1.95 bits per heavy atom. The molecule has 4 heteroatoms. The summed E-state index contributed by atoms with van der Waals surface area (Å²) in [5, 5.41) is 0. The van der Waals surface area contributed by atoms with Gasteiger partial charge in [-0.1, -0.05) is 13.8 Å². The molecule has 0 bridgehead atoms. The molecule has 2 rings (SSSR count). The molecule has 1 aliphatic rings. The standard InChI is InChI=1S/C15H26N4/c1-13(2)4-3-7-18-8-10-19(11-9-18)14-5-6-15(16)17-12-14/h5-6,12-13H,3-4,7-11H2,1-2H3,(H2,16,17). The minimum Gasteiger partial charge on any atom is -0.384 e. The van der Waals surface area contributed by atoms with E-state index in [0.29, 0.717) is 5.82 Å². The van der Waals surface area contributed by atoms with E-state index in [2.05, 4.69) is 34.7 Å². The fourth-order valence-corrected chi connectivity index (χ4v) is 2.54. The molecule has 0 atom stereocenters. The number of hydrogen-bond donors (Lipinski definition) is 1. The van der Waals surface area contributed by atoms with E-state index in [1.54, 1.807) is 0 Å². The van der Waals surface area contributed by atoms with Gasteiger partial charge in [0.05, 0.1) is 11.9 Å². The van der Waals surface area contributed by atoms with E-state index in [4.69, 9.17) is 5.73 Å². The second kappa shape index (κ2) is 6.75. The number of pyridine rings is 1. The molecule has 0 spiro atoms. The second-order valence-corrected chi connectivity index (χ2v) is 5.81. The summed E-state index contributed by atoms with van der Waals surface area (Å²) >= 11 is 0. The van der Waals surface area contributed by atoms with E-state index < -0.39 is 0 Å². The quantitative estimate of drug-likeness (QED) is 0.884. The van der Waals surface area contributed by atoms with Gasteiger partial charge in [-0.3, -0.25) is 4.90 Å². The first-order chi connectivity index (χ1) is 9.15. The fraction of sp³-hybridized carbons (Fsp3) is 0.667. The molecule has 2 heterocycles. The van der Waals surface area contributed by atoms with E-state index in [9.17, 15) is 0 Å². The largest absolute Gasteiger partial charge is 0.384 e. The average molecular weight is 262 g/mol. The van der Waals surface area contributed by atoms with Gasteiger partial charge in [0, 0.05) is 26.2 Å². The summed E-state index contributed by atoms with van der Waals surface area (Å²) in [6, 6.07) is 3.95. The summed E-state index contributed by atoms with van der Waals surface area (Å²) in [4.78, 5) is 9.13. The van der Waals surface area contributed by atoms with Crippen molar-refractivity contribution in [1.29, 1.82) is 0 Å². The normalized spacial score (nSPS) is 17.1. The summed E-state index contributed by atoms with van der Waals surface area (Å²) in [6.07, 6.45) is 4.53. The Morgan fingerprint density at radius 3 is 2.53 bits per heavy atom. The smallest absolute Gasteiger partial charge is 0.123 e. The lowest BCUT2D eigenvalue weighted by Gasteiger charge is -2.36. The summed E-state index contributed by atoms with van der Waals surface area (Å²) in [7, 11) is 0. The van der Waals surface area contributed by atoms with Crippen LogP contribution in [0.1, 0.15) is 26.7 Å². The zero-order chi connectivity index (χ0) is 13.7. The summed E-state index contributed by atoms with van der Waals surface area (Å²) in [5.41, 5.74) is 6.81. The van der Waals surface area contributed by atoms with Crippen LogP contribution >= 0.6 is 0 Å². The SMILES string of the molecule is CC(C)CCCN1CCN(c2ccc(N)nc2)CC1. The molecule has 1 aromatic heterocycles. The Bertz CT molecular complexity index is 366. The van der Waals surface area contributed by atoms with Crippen LogP contribution in [-0.2, 0) is 0 Å². The van der Waals surface area contributed by atoms with Crippen LogP contribution in [0, 0.1) is 5.92 Å². The van der Waals surface area contributed by atoms with Crippen molar-refractivity contribution in [2.75, 3.05) is 43.4 Å². The first kappa shape index (κ1) is 14.1. The van der Waals surface area contributed by atoms with Crippen molar-refractivity contribution in [1.82, 2.24) is 9.88 Å². The highest BCUT2D eigenvalue weighted by molar-refractivity contribution is 5.48. The van der Waals surface area contributed by atoms with E-state index in [1.165, 1.54) is 25.1 Å². The van der Waals surface area contributed by atoms with Gasteiger partial charge in [-0.15, -0.1) is 0 Å². The Kier molecular flexibility index (Phi) is 5.02. The zero-order valence-electron chi connectivity index (χ0n) is 12.2. The number of piperazine rings is 1. The van der Waals surface area contributed by atoms with E-state index >= 15 is 0 Å². The van der Waals surface area contributed by atoms with Crippen molar-refractivity contribution in [3.8, 4) is 0 Å². The third-order valence-electron chi connectivity index (χ3n) is 3.76. The van der Waals surface area contributed by atoms with Crippen LogP contribution < -0.4 is 10.6 Å². The molecule has 0 aliphatic carbocycles. The molecule has 0 amide bonds. The van der Waals surface area contributed by atoms with Crippen LogP contribution in [0.2, 0.25) is 0 Å². The number of rotatable bonds is 5. The first-order valence-corrected chi connectivity index (χ1v) is 7.34. The average Bonchev–Trinajstić information content (AvgIpc) is 2.40. The summed E-state index contributed by atoms with van der Waals surface area (Å²) in [5.74, 6) is 1.42. The molecular formula is C15H26N4. The molecule has 2 N–H and O–H groups in total. The highest BCUT2D eigenvalue weighted by atomic mass is 15.3. The van der Waals surface area contributed by atoms with Crippen LogP contribution in [0.4, 0.5) is 11.5 Å². The minimum atomic E-state index is 0.594. The van der Waals surface area contributed by atoms with E-state index in [1.807, 2.05) is 12.3 Å². The van der Waals surface area contributed by atoms with Gasteiger partial charge < -0.3 is 10.6 Å².